The molecule has 3 N–H and O–H groups in total. The normalized spacial score (nSPS) is 19.0. The molecular weight excluding hydrogens is 517 g/mol. The summed E-state index contributed by atoms with van der Waals surface area (Å²) in [6, 6.07) is 7.42. The molecule has 1 aliphatic heterocycles. The summed E-state index contributed by atoms with van der Waals surface area (Å²) in [6.45, 7) is 1.57. The lowest BCUT2D eigenvalue weighted by Gasteiger charge is -2.49. The van der Waals surface area contributed by atoms with Gasteiger partial charge < -0.3 is 15.6 Å². The monoisotopic (exact) mass is 544 g/mol. The number of primary amides is 1. The number of carbonyl (C=O) groups is 1. The van der Waals surface area contributed by atoms with E-state index < -0.39 is 18.5 Å². The van der Waals surface area contributed by atoms with Crippen LogP contribution in [0.1, 0.15) is 36.1 Å². The molecule has 6 rings (SSSR count). The van der Waals surface area contributed by atoms with E-state index in [4.69, 9.17) is 5.73 Å². The highest BCUT2D eigenvalue weighted by Crippen LogP contribution is 2.51. The van der Waals surface area contributed by atoms with Crippen molar-refractivity contribution in [2.45, 2.75) is 51.2 Å². The highest BCUT2D eigenvalue weighted by molar-refractivity contribution is 7.18. The Hall–Kier alpha value is -3.41. The number of amides is 1. The van der Waals surface area contributed by atoms with Crippen LogP contribution in [0, 0.1) is 11.3 Å². The van der Waals surface area contributed by atoms with Crippen molar-refractivity contribution in [1.29, 1.82) is 0 Å². The molecule has 1 atom stereocenters. The summed E-state index contributed by atoms with van der Waals surface area (Å²) in [5, 5.41) is 0.708. The van der Waals surface area contributed by atoms with Crippen molar-refractivity contribution in [3.8, 4) is 0 Å². The first-order valence-corrected chi connectivity index (χ1v) is 13.4. The second-order valence-electron chi connectivity index (χ2n) is 10.8. The van der Waals surface area contributed by atoms with Gasteiger partial charge in [0, 0.05) is 23.4 Å². The van der Waals surface area contributed by atoms with Gasteiger partial charge in [-0.1, -0.05) is 6.07 Å². The molecule has 200 valence electrons. The third-order valence-electron chi connectivity index (χ3n) is 7.88. The first-order chi connectivity index (χ1) is 18.1. The SMILES string of the molecule is NC(=O)Cn1c(=O)[nH]c2cc(CCC3CCC4(C3)CN(c3ncnc5sc(CC(F)(F)F)cc35)C4)ccc21. The second kappa shape index (κ2) is 9.11. The highest BCUT2D eigenvalue weighted by Gasteiger charge is 2.48. The lowest BCUT2D eigenvalue weighted by molar-refractivity contribution is -0.126. The highest BCUT2D eigenvalue weighted by atomic mass is 32.1. The number of H-pyrrole nitrogens is 1. The third kappa shape index (κ3) is 4.77. The van der Waals surface area contributed by atoms with Crippen LogP contribution in [0.4, 0.5) is 19.0 Å². The van der Waals surface area contributed by atoms with E-state index in [0.717, 1.165) is 67.9 Å². The molecule has 1 unspecified atom stereocenters. The van der Waals surface area contributed by atoms with Crippen LogP contribution in [-0.4, -0.2) is 44.7 Å². The van der Waals surface area contributed by atoms with Crippen LogP contribution < -0.4 is 16.3 Å². The van der Waals surface area contributed by atoms with E-state index in [9.17, 15) is 22.8 Å². The van der Waals surface area contributed by atoms with Crippen LogP contribution in [0.15, 0.2) is 35.4 Å². The molecule has 4 aromatic rings. The number of nitrogens with one attached hydrogen (secondary N) is 1. The Balaban J connectivity index is 1.08. The topological polar surface area (TPSA) is 110 Å². The van der Waals surface area contributed by atoms with E-state index in [-0.39, 0.29) is 22.5 Å². The second-order valence-corrected chi connectivity index (χ2v) is 11.9. The maximum Gasteiger partial charge on any atom is 0.393 e. The van der Waals surface area contributed by atoms with Gasteiger partial charge in [0.15, 0.2) is 0 Å². The minimum atomic E-state index is -4.24. The molecule has 1 aliphatic carbocycles. The van der Waals surface area contributed by atoms with E-state index in [0.29, 0.717) is 27.2 Å². The maximum atomic E-state index is 12.9. The quantitative estimate of drug-likeness (QED) is 0.363. The molecule has 1 saturated heterocycles. The number of benzene rings is 1. The Morgan fingerprint density at radius 2 is 2.05 bits per heavy atom. The van der Waals surface area contributed by atoms with E-state index >= 15 is 0 Å². The predicted octanol–water partition coefficient (Wildman–Crippen LogP) is 4.16. The van der Waals surface area contributed by atoms with Crippen molar-refractivity contribution < 1.29 is 18.0 Å². The summed E-state index contributed by atoms with van der Waals surface area (Å²) >= 11 is 1.08. The van der Waals surface area contributed by atoms with Crippen molar-refractivity contribution in [3.05, 3.63) is 51.5 Å². The number of aromatic amines is 1. The number of halogens is 3. The Labute approximate surface area is 219 Å². The summed E-state index contributed by atoms with van der Waals surface area (Å²) in [4.78, 5) is 37.9. The van der Waals surface area contributed by atoms with E-state index in [1.54, 1.807) is 6.07 Å². The number of thiophene rings is 1. The van der Waals surface area contributed by atoms with E-state index in [1.165, 1.54) is 10.9 Å². The average molecular weight is 545 g/mol. The zero-order valence-electron chi connectivity index (χ0n) is 20.6. The van der Waals surface area contributed by atoms with Gasteiger partial charge in [0.05, 0.1) is 22.8 Å². The standard InChI is InChI=1S/C26H27F3N6O2S/c27-26(28,29)10-17-8-18-22(31-14-32-23(18)38-17)34-12-25(13-34)6-5-16(9-25)2-1-15-3-4-20-19(7-15)33-24(37)35(20)11-21(30)36/h3-4,7-8,14,16H,1-2,5-6,9-13H2,(H2,30,36)(H,33,37). The molecule has 38 heavy (non-hydrogen) atoms. The summed E-state index contributed by atoms with van der Waals surface area (Å²) in [5.74, 6) is 0.767. The molecule has 0 radical (unpaired) electrons. The molecule has 2 fully saturated rings. The van der Waals surface area contributed by atoms with Crippen LogP contribution in [0.5, 0.6) is 0 Å². The first kappa shape index (κ1) is 24.9. The van der Waals surface area contributed by atoms with Gasteiger partial charge in [0.25, 0.3) is 0 Å². The lowest BCUT2D eigenvalue weighted by Crippen LogP contribution is -2.55. The maximum absolute atomic E-state index is 12.9. The van der Waals surface area contributed by atoms with Crippen LogP contribution >= 0.6 is 11.3 Å². The number of imidazole rings is 1. The summed E-state index contributed by atoms with van der Waals surface area (Å²) in [7, 11) is 0. The molecule has 4 heterocycles. The number of hydrogen-bond acceptors (Lipinski definition) is 6. The zero-order chi connectivity index (χ0) is 26.7. The number of nitrogens with zero attached hydrogens (tertiary/aromatic N) is 4. The summed E-state index contributed by atoms with van der Waals surface area (Å²) in [5.41, 5.74) is 7.65. The average Bonchev–Trinajstić information content (AvgIpc) is 3.50. The number of hydrogen-bond donors (Lipinski definition) is 2. The number of aryl methyl sites for hydroxylation is 1. The molecule has 0 bridgehead atoms. The van der Waals surface area contributed by atoms with Crippen molar-refractivity contribution in [3.63, 3.8) is 0 Å². The van der Waals surface area contributed by atoms with Gasteiger partial charge in [-0.15, -0.1) is 11.3 Å². The molecule has 1 amide bonds. The number of fused-ring (bicyclic) bond motifs is 2. The number of alkyl halides is 3. The van der Waals surface area contributed by atoms with Crippen LogP contribution in [0.2, 0.25) is 0 Å². The molecule has 8 nitrogen and oxygen atoms in total. The number of rotatable bonds is 7. The van der Waals surface area contributed by atoms with Gasteiger partial charge >= 0.3 is 11.9 Å². The fourth-order valence-electron chi connectivity index (χ4n) is 6.25. The Morgan fingerprint density at radius 1 is 1.24 bits per heavy atom. The minimum Gasteiger partial charge on any atom is -0.368 e. The minimum absolute atomic E-state index is 0.152. The van der Waals surface area contributed by atoms with E-state index in [1.807, 2.05) is 18.2 Å². The molecule has 3 aromatic heterocycles. The van der Waals surface area contributed by atoms with Gasteiger partial charge in [0.2, 0.25) is 5.91 Å². The van der Waals surface area contributed by atoms with Gasteiger partial charge in [-0.05, 0) is 61.8 Å². The third-order valence-corrected chi connectivity index (χ3v) is 8.93. The van der Waals surface area contributed by atoms with Gasteiger partial charge in [-0.2, -0.15) is 13.2 Å². The molecular formula is C26H27F3N6O2S. The fraction of sp³-hybridized carbons (Fsp3) is 0.462. The molecule has 2 aliphatic rings. The Morgan fingerprint density at radius 3 is 2.82 bits per heavy atom. The first-order valence-electron chi connectivity index (χ1n) is 12.6. The molecule has 1 aromatic carbocycles. The predicted molar refractivity (Wildman–Crippen MR) is 139 cm³/mol. The molecule has 1 spiro atoms. The number of nitrogens with two attached hydrogens (primary N) is 1. The van der Waals surface area contributed by atoms with E-state index in [2.05, 4.69) is 19.9 Å². The van der Waals surface area contributed by atoms with Gasteiger partial charge in [0.1, 0.15) is 23.5 Å². The lowest BCUT2D eigenvalue weighted by atomic mass is 9.77. The van der Waals surface area contributed by atoms with Crippen LogP contribution in [0.3, 0.4) is 0 Å². The van der Waals surface area contributed by atoms with Crippen LogP contribution in [0.25, 0.3) is 21.3 Å². The zero-order valence-corrected chi connectivity index (χ0v) is 21.4. The Bertz CT molecular complexity index is 1580. The van der Waals surface area contributed by atoms with Crippen molar-refractivity contribution in [2.75, 3.05) is 18.0 Å². The fourth-order valence-corrected chi connectivity index (χ4v) is 7.27. The van der Waals surface area contributed by atoms with Crippen molar-refractivity contribution in [2.24, 2.45) is 17.1 Å². The van der Waals surface area contributed by atoms with Gasteiger partial charge in [-0.3, -0.25) is 9.36 Å². The number of carbonyl (C=O) groups excluding carboxylic acids is 1. The smallest absolute Gasteiger partial charge is 0.368 e. The van der Waals surface area contributed by atoms with Crippen molar-refractivity contribution >= 4 is 44.3 Å². The summed E-state index contributed by atoms with van der Waals surface area (Å²) < 4.78 is 40.0. The summed E-state index contributed by atoms with van der Waals surface area (Å²) in [6.07, 6.45) is 1.60. The number of anilines is 1. The Kier molecular flexibility index (Phi) is 5.97. The van der Waals surface area contributed by atoms with Crippen molar-refractivity contribution in [1.82, 2.24) is 19.5 Å². The van der Waals surface area contributed by atoms with Crippen LogP contribution in [-0.2, 0) is 24.2 Å². The largest absolute Gasteiger partial charge is 0.393 e. The molecule has 12 heteroatoms. The van der Waals surface area contributed by atoms with Gasteiger partial charge in [-0.25, -0.2) is 14.8 Å². The number of aromatic nitrogens is 4. The molecule has 1 saturated carbocycles.